The maximum atomic E-state index is 12.0. The normalized spacial score (nSPS) is 20.9. The second-order valence-corrected chi connectivity index (χ2v) is 4.70. The third-order valence-electron chi connectivity index (χ3n) is 3.11. The average Bonchev–Trinajstić information content (AvgIpc) is 2.37. The van der Waals surface area contributed by atoms with Crippen molar-refractivity contribution >= 4 is 18.3 Å². The predicted octanol–water partition coefficient (Wildman–Crippen LogP) is 1.87. The van der Waals surface area contributed by atoms with Gasteiger partial charge in [0.15, 0.2) is 0 Å². The summed E-state index contributed by atoms with van der Waals surface area (Å²) < 4.78 is 5.45. The lowest BCUT2D eigenvalue weighted by atomic mass is 10.0. The lowest BCUT2D eigenvalue weighted by Crippen LogP contribution is -2.50. The van der Waals surface area contributed by atoms with E-state index in [0.29, 0.717) is 19.2 Å². The van der Waals surface area contributed by atoms with E-state index >= 15 is 0 Å². The third-order valence-corrected chi connectivity index (χ3v) is 3.11. The molecule has 1 aliphatic heterocycles. The molecule has 108 valence electrons. The second kappa shape index (κ2) is 10.6. The molecule has 4 nitrogen and oxygen atoms in total. The number of unbranched alkanes of at least 4 members (excludes halogenated alkanes) is 1. The molecule has 1 fully saturated rings. The Balaban J connectivity index is 0.00000289. The number of nitrogens with one attached hydrogen (secondary N) is 2. The van der Waals surface area contributed by atoms with Gasteiger partial charge in [0.05, 0.1) is 6.61 Å². The van der Waals surface area contributed by atoms with Crippen molar-refractivity contribution < 1.29 is 9.53 Å². The minimum Gasteiger partial charge on any atom is -0.366 e. The van der Waals surface area contributed by atoms with Crippen molar-refractivity contribution in [2.24, 2.45) is 0 Å². The molecule has 1 amide bonds. The van der Waals surface area contributed by atoms with Crippen LogP contribution in [-0.4, -0.2) is 37.7 Å². The Morgan fingerprint density at radius 3 is 2.72 bits per heavy atom. The molecule has 0 aromatic heterocycles. The molecule has 2 N–H and O–H groups in total. The fourth-order valence-corrected chi connectivity index (χ4v) is 2.12. The molecular weight excluding hydrogens is 252 g/mol. The highest BCUT2D eigenvalue weighted by Crippen LogP contribution is 2.08. The third kappa shape index (κ3) is 6.57. The van der Waals surface area contributed by atoms with Crippen LogP contribution < -0.4 is 10.6 Å². The zero-order valence-electron chi connectivity index (χ0n) is 11.5. The van der Waals surface area contributed by atoms with Crippen LogP contribution in [0, 0.1) is 0 Å². The summed E-state index contributed by atoms with van der Waals surface area (Å²) in [6.07, 6.45) is 5.30. The van der Waals surface area contributed by atoms with Gasteiger partial charge in [-0.3, -0.25) is 4.79 Å². The summed E-state index contributed by atoms with van der Waals surface area (Å²) in [6, 6.07) is 0.318. The van der Waals surface area contributed by atoms with Gasteiger partial charge in [-0.15, -0.1) is 12.4 Å². The van der Waals surface area contributed by atoms with Crippen molar-refractivity contribution in [1.82, 2.24) is 10.6 Å². The molecule has 0 aromatic rings. The predicted molar refractivity (Wildman–Crippen MR) is 76.2 cm³/mol. The van der Waals surface area contributed by atoms with E-state index in [4.69, 9.17) is 4.74 Å². The van der Waals surface area contributed by atoms with Crippen molar-refractivity contribution in [2.75, 3.05) is 19.7 Å². The van der Waals surface area contributed by atoms with Gasteiger partial charge in [-0.2, -0.15) is 0 Å². The quantitative estimate of drug-likeness (QED) is 0.748. The maximum Gasteiger partial charge on any atom is 0.250 e. The molecule has 0 bridgehead atoms. The Hall–Kier alpha value is -0.320. The number of carbonyl (C=O) groups excluding carboxylic acids is 1. The number of carbonyl (C=O) groups is 1. The average molecular weight is 279 g/mol. The molecule has 1 heterocycles. The number of ether oxygens (including phenoxy) is 1. The molecule has 18 heavy (non-hydrogen) atoms. The summed E-state index contributed by atoms with van der Waals surface area (Å²) in [7, 11) is 0. The van der Waals surface area contributed by atoms with Crippen LogP contribution in [0.15, 0.2) is 0 Å². The van der Waals surface area contributed by atoms with Gasteiger partial charge in [-0.05, 0) is 12.8 Å². The summed E-state index contributed by atoms with van der Waals surface area (Å²) >= 11 is 0. The molecule has 0 aliphatic carbocycles. The molecule has 0 aromatic carbocycles. The maximum absolute atomic E-state index is 12.0. The zero-order chi connectivity index (χ0) is 12.5. The Bertz CT molecular complexity index is 221. The number of amides is 1. The Labute approximate surface area is 117 Å². The lowest BCUT2D eigenvalue weighted by molar-refractivity contribution is -0.135. The standard InChI is InChI=1S/C13H26N2O2.ClH/c1-3-5-7-11(6-4-2)15-13(16)12-10-14-8-9-17-12;/h11-12,14H,3-10H2,1-2H3,(H,15,16);1H. The molecule has 1 aliphatic rings. The van der Waals surface area contributed by atoms with Gasteiger partial charge in [0.1, 0.15) is 6.10 Å². The summed E-state index contributed by atoms with van der Waals surface area (Å²) in [5.41, 5.74) is 0. The molecule has 0 spiro atoms. The first-order chi connectivity index (χ1) is 8.27. The number of rotatable bonds is 7. The Morgan fingerprint density at radius 2 is 2.17 bits per heavy atom. The SMILES string of the molecule is CCCCC(CCC)NC(=O)C1CNCCO1.Cl. The summed E-state index contributed by atoms with van der Waals surface area (Å²) in [6.45, 7) is 6.45. The fraction of sp³-hybridized carbons (Fsp3) is 0.923. The van der Waals surface area contributed by atoms with Crippen molar-refractivity contribution in [3.05, 3.63) is 0 Å². The van der Waals surface area contributed by atoms with E-state index in [2.05, 4.69) is 24.5 Å². The van der Waals surface area contributed by atoms with Gasteiger partial charge in [0, 0.05) is 19.1 Å². The monoisotopic (exact) mass is 278 g/mol. The Kier molecular flexibility index (Phi) is 10.4. The first-order valence-corrected chi connectivity index (χ1v) is 6.90. The van der Waals surface area contributed by atoms with Crippen LogP contribution in [-0.2, 0) is 9.53 Å². The van der Waals surface area contributed by atoms with Gasteiger partial charge in [-0.25, -0.2) is 0 Å². The van der Waals surface area contributed by atoms with Crippen molar-refractivity contribution in [2.45, 2.75) is 58.1 Å². The second-order valence-electron chi connectivity index (χ2n) is 4.70. The zero-order valence-corrected chi connectivity index (χ0v) is 12.4. The first-order valence-electron chi connectivity index (χ1n) is 6.90. The highest BCUT2D eigenvalue weighted by Gasteiger charge is 2.23. The number of hydrogen-bond donors (Lipinski definition) is 2. The highest BCUT2D eigenvalue weighted by atomic mass is 35.5. The van der Waals surface area contributed by atoms with E-state index in [-0.39, 0.29) is 24.4 Å². The van der Waals surface area contributed by atoms with Crippen LogP contribution in [0.1, 0.15) is 46.0 Å². The van der Waals surface area contributed by atoms with Crippen LogP contribution in [0.3, 0.4) is 0 Å². The number of morpholine rings is 1. The van der Waals surface area contributed by atoms with Crippen LogP contribution in [0.5, 0.6) is 0 Å². The number of halogens is 1. The lowest BCUT2D eigenvalue weighted by Gasteiger charge is -2.25. The molecule has 2 unspecified atom stereocenters. The molecule has 0 saturated carbocycles. The van der Waals surface area contributed by atoms with E-state index < -0.39 is 0 Å². The molecular formula is C13H27ClN2O2. The molecule has 5 heteroatoms. The first kappa shape index (κ1) is 17.7. The summed E-state index contributed by atoms with van der Waals surface area (Å²) in [5.74, 6) is 0.0479. The van der Waals surface area contributed by atoms with Crippen LogP contribution in [0.2, 0.25) is 0 Å². The van der Waals surface area contributed by atoms with Crippen LogP contribution in [0.4, 0.5) is 0 Å². The minimum absolute atomic E-state index is 0. The van der Waals surface area contributed by atoms with E-state index in [1.165, 1.54) is 12.8 Å². The van der Waals surface area contributed by atoms with Crippen LogP contribution in [0.25, 0.3) is 0 Å². The largest absolute Gasteiger partial charge is 0.366 e. The van der Waals surface area contributed by atoms with Gasteiger partial charge in [0.2, 0.25) is 0 Å². The highest BCUT2D eigenvalue weighted by molar-refractivity contribution is 5.85. The van der Waals surface area contributed by atoms with E-state index in [9.17, 15) is 4.79 Å². The van der Waals surface area contributed by atoms with Crippen LogP contribution >= 0.6 is 12.4 Å². The topological polar surface area (TPSA) is 50.4 Å². The van der Waals surface area contributed by atoms with Gasteiger partial charge < -0.3 is 15.4 Å². The smallest absolute Gasteiger partial charge is 0.250 e. The Morgan fingerprint density at radius 1 is 1.39 bits per heavy atom. The van der Waals surface area contributed by atoms with Crippen molar-refractivity contribution in [1.29, 1.82) is 0 Å². The van der Waals surface area contributed by atoms with Gasteiger partial charge >= 0.3 is 0 Å². The number of hydrogen-bond acceptors (Lipinski definition) is 3. The minimum atomic E-state index is -0.301. The van der Waals surface area contributed by atoms with Gasteiger partial charge in [-0.1, -0.05) is 33.1 Å². The molecule has 0 radical (unpaired) electrons. The fourth-order valence-electron chi connectivity index (χ4n) is 2.12. The van der Waals surface area contributed by atoms with Crippen molar-refractivity contribution in [3.63, 3.8) is 0 Å². The van der Waals surface area contributed by atoms with E-state index in [0.717, 1.165) is 25.8 Å². The van der Waals surface area contributed by atoms with E-state index in [1.807, 2.05) is 0 Å². The molecule has 2 atom stereocenters. The summed E-state index contributed by atoms with van der Waals surface area (Å²) in [4.78, 5) is 12.0. The molecule has 1 rings (SSSR count). The molecule has 1 saturated heterocycles. The van der Waals surface area contributed by atoms with Crippen molar-refractivity contribution in [3.8, 4) is 0 Å². The van der Waals surface area contributed by atoms with E-state index in [1.54, 1.807) is 0 Å². The van der Waals surface area contributed by atoms with Gasteiger partial charge in [0.25, 0.3) is 5.91 Å². The summed E-state index contributed by atoms with van der Waals surface area (Å²) in [5, 5.41) is 6.30.